The van der Waals surface area contributed by atoms with Gasteiger partial charge in [-0.1, -0.05) is 38.3 Å². The van der Waals surface area contributed by atoms with E-state index < -0.39 is 5.97 Å². The van der Waals surface area contributed by atoms with Crippen molar-refractivity contribution in [1.29, 1.82) is 0 Å². The van der Waals surface area contributed by atoms with Gasteiger partial charge in [0.15, 0.2) is 0 Å². The molecule has 3 saturated heterocycles. The number of carboxylic acids is 1. The van der Waals surface area contributed by atoms with Crippen LogP contribution in [0, 0.1) is 29.6 Å². The largest absolute Gasteiger partial charge is 0.481 e. The van der Waals surface area contributed by atoms with Crippen molar-refractivity contribution >= 4 is 34.6 Å². The van der Waals surface area contributed by atoms with E-state index in [0.717, 1.165) is 44.8 Å². The maximum absolute atomic E-state index is 11.4. The van der Waals surface area contributed by atoms with Gasteiger partial charge in [0.05, 0.1) is 10.9 Å². The molecule has 37 heavy (non-hydrogen) atoms. The minimum atomic E-state index is -0.661. The molecule has 2 unspecified atom stereocenters. The lowest BCUT2D eigenvalue weighted by molar-refractivity contribution is -0.144. The lowest BCUT2D eigenvalue weighted by Gasteiger charge is -2.41. The summed E-state index contributed by atoms with van der Waals surface area (Å²) in [6, 6.07) is 14.9. The van der Waals surface area contributed by atoms with Gasteiger partial charge in [-0.3, -0.25) is 4.79 Å². The average Bonchev–Trinajstić information content (AvgIpc) is 3.33. The van der Waals surface area contributed by atoms with Gasteiger partial charge in [-0.25, -0.2) is 0 Å². The molecule has 2 aromatic rings. The third kappa shape index (κ3) is 5.85. The number of carbonyl (C=O) groups is 1. The molecule has 2 atom stereocenters. The van der Waals surface area contributed by atoms with Gasteiger partial charge in [-0.05, 0) is 79.5 Å². The molecule has 2 aromatic carbocycles. The van der Waals surface area contributed by atoms with Crippen LogP contribution in [-0.4, -0.2) is 50.3 Å². The fourth-order valence-electron chi connectivity index (χ4n) is 6.24. The second-order valence-corrected chi connectivity index (χ2v) is 11.0. The summed E-state index contributed by atoms with van der Waals surface area (Å²) in [4.78, 5) is 18.7. The minimum absolute atomic E-state index is 0.163. The van der Waals surface area contributed by atoms with E-state index in [4.69, 9.17) is 18.0 Å². The predicted octanol–water partition coefficient (Wildman–Crippen LogP) is 6.39. The van der Waals surface area contributed by atoms with E-state index in [1.54, 1.807) is 0 Å². The second-order valence-electron chi connectivity index (χ2n) is 10.6. The first-order valence-corrected chi connectivity index (χ1v) is 14.1. The van der Waals surface area contributed by atoms with Crippen LogP contribution < -0.4 is 14.7 Å². The Morgan fingerprint density at radius 2 is 1.51 bits per heavy atom. The number of benzene rings is 2. The highest BCUT2D eigenvalue weighted by Crippen LogP contribution is 2.43. The Morgan fingerprint density at radius 1 is 0.946 bits per heavy atom. The molecule has 1 spiro atoms. The quantitative estimate of drug-likeness (QED) is 0.472. The number of hydrogen-bond donors (Lipinski definition) is 1. The third-order valence-electron chi connectivity index (χ3n) is 8.54. The fraction of sp³-hybridized carbons (Fsp3) is 0.516. The van der Waals surface area contributed by atoms with Gasteiger partial charge in [0, 0.05) is 61.9 Å². The molecular weight excluding hydrogens is 482 g/mol. The molecular formula is C31H40ClN3O2. The average molecular weight is 522 g/mol. The summed E-state index contributed by atoms with van der Waals surface area (Å²) in [7, 11) is 0. The van der Waals surface area contributed by atoms with Crippen LogP contribution in [0.1, 0.15) is 52.0 Å². The standard InChI is InChI=1S/C29H34ClN3O2.C2H6/c1-3-22-4-5-25(18-27(22)30)33-17-13-29(20-33)11-15-31(16-12-29)23-6-8-24(9-7-23)32-14-10-26(28(34)35)21(2)19-32;1-2/h1,4-9,18,21,26H,10-17,19-20H2,2H3,(H,34,35);1-2H3. The van der Waals surface area contributed by atoms with Crippen LogP contribution in [0.3, 0.4) is 0 Å². The van der Waals surface area contributed by atoms with Crippen LogP contribution in [0.15, 0.2) is 42.5 Å². The number of nitrogens with zero attached hydrogens (tertiary/aromatic N) is 3. The number of halogens is 1. The van der Waals surface area contributed by atoms with Crippen LogP contribution in [0.2, 0.25) is 5.02 Å². The summed E-state index contributed by atoms with van der Waals surface area (Å²) in [5.74, 6) is 1.92. The lowest BCUT2D eigenvalue weighted by atomic mass is 9.77. The van der Waals surface area contributed by atoms with Crippen LogP contribution in [0.4, 0.5) is 17.1 Å². The Labute approximate surface area is 227 Å². The van der Waals surface area contributed by atoms with Crippen molar-refractivity contribution in [3.05, 3.63) is 53.1 Å². The smallest absolute Gasteiger partial charge is 0.306 e. The monoisotopic (exact) mass is 521 g/mol. The molecule has 3 aliphatic heterocycles. The highest BCUT2D eigenvalue weighted by atomic mass is 35.5. The highest BCUT2D eigenvalue weighted by Gasteiger charge is 2.41. The Morgan fingerprint density at radius 3 is 2.05 bits per heavy atom. The topological polar surface area (TPSA) is 47.0 Å². The van der Waals surface area contributed by atoms with Crippen molar-refractivity contribution in [3.63, 3.8) is 0 Å². The van der Waals surface area contributed by atoms with E-state index in [1.165, 1.54) is 36.3 Å². The maximum Gasteiger partial charge on any atom is 0.306 e. The van der Waals surface area contributed by atoms with Gasteiger partial charge in [0.1, 0.15) is 0 Å². The van der Waals surface area contributed by atoms with E-state index in [0.29, 0.717) is 16.9 Å². The molecule has 3 fully saturated rings. The summed E-state index contributed by atoms with van der Waals surface area (Å²) >= 11 is 6.36. The van der Waals surface area contributed by atoms with Crippen LogP contribution >= 0.6 is 11.6 Å². The van der Waals surface area contributed by atoms with Crippen molar-refractivity contribution in [2.24, 2.45) is 17.3 Å². The van der Waals surface area contributed by atoms with E-state index in [1.807, 2.05) is 32.9 Å². The van der Waals surface area contributed by atoms with Gasteiger partial charge in [-0.15, -0.1) is 6.42 Å². The summed E-state index contributed by atoms with van der Waals surface area (Å²) in [6.07, 6.45) is 9.84. The van der Waals surface area contributed by atoms with Crippen LogP contribution in [0.25, 0.3) is 0 Å². The summed E-state index contributed by atoms with van der Waals surface area (Å²) in [5.41, 5.74) is 4.77. The number of hydrogen-bond acceptors (Lipinski definition) is 4. The summed E-state index contributed by atoms with van der Waals surface area (Å²) < 4.78 is 0. The first kappa shape index (κ1) is 27.2. The molecule has 6 heteroatoms. The summed E-state index contributed by atoms with van der Waals surface area (Å²) in [5, 5.41) is 10.0. The van der Waals surface area contributed by atoms with Crippen molar-refractivity contribution in [2.75, 3.05) is 54.0 Å². The molecule has 5 rings (SSSR count). The molecule has 5 nitrogen and oxygen atoms in total. The van der Waals surface area contributed by atoms with Crippen molar-refractivity contribution in [1.82, 2.24) is 0 Å². The third-order valence-corrected chi connectivity index (χ3v) is 8.85. The molecule has 198 valence electrons. The predicted molar refractivity (Wildman–Crippen MR) is 155 cm³/mol. The summed E-state index contributed by atoms with van der Waals surface area (Å²) in [6.45, 7) is 12.0. The lowest BCUT2D eigenvalue weighted by Crippen LogP contribution is -2.42. The van der Waals surface area contributed by atoms with Crippen molar-refractivity contribution in [2.45, 2.75) is 46.5 Å². The van der Waals surface area contributed by atoms with Gasteiger partial charge >= 0.3 is 5.97 Å². The first-order chi connectivity index (χ1) is 17.9. The zero-order valence-electron chi connectivity index (χ0n) is 22.4. The Balaban J connectivity index is 0.00000156. The Kier molecular flexibility index (Phi) is 8.60. The van der Waals surface area contributed by atoms with Gasteiger partial charge in [0.25, 0.3) is 0 Å². The number of aliphatic carboxylic acids is 1. The highest BCUT2D eigenvalue weighted by molar-refractivity contribution is 6.32. The number of piperidine rings is 2. The number of anilines is 3. The fourth-order valence-corrected chi connectivity index (χ4v) is 6.47. The molecule has 3 aliphatic rings. The van der Waals surface area contributed by atoms with Crippen molar-refractivity contribution < 1.29 is 9.90 Å². The number of carboxylic acid groups (broad SMARTS) is 1. The van der Waals surface area contributed by atoms with Gasteiger partial charge in [-0.2, -0.15) is 0 Å². The molecule has 0 aromatic heterocycles. The van der Waals surface area contributed by atoms with E-state index in [-0.39, 0.29) is 11.8 Å². The molecule has 0 amide bonds. The molecule has 0 radical (unpaired) electrons. The number of terminal acetylenes is 1. The molecule has 3 heterocycles. The van der Waals surface area contributed by atoms with Crippen LogP contribution in [0.5, 0.6) is 0 Å². The molecule has 0 saturated carbocycles. The first-order valence-electron chi connectivity index (χ1n) is 13.7. The molecule has 0 bridgehead atoms. The normalized spacial score (nSPS) is 22.8. The Bertz CT molecular complexity index is 1120. The SMILES string of the molecule is C#Cc1ccc(N2CCC3(CCN(c4ccc(N5CCC(C(=O)O)C(C)C5)cc4)CC3)C2)cc1Cl.CC. The maximum atomic E-state index is 11.4. The zero-order valence-corrected chi connectivity index (χ0v) is 23.2. The Hall–Kier alpha value is -2.84. The van der Waals surface area contributed by atoms with Gasteiger partial charge in [0.2, 0.25) is 0 Å². The minimum Gasteiger partial charge on any atom is -0.481 e. The van der Waals surface area contributed by atoms with E-state index >= 15 is 0 Å². The van der Waals surface area contributed by atoms with E-state index in [9.17, 15) is 9.90 Å². The molecule has 1 N–H and O–H groups in total. The zero-order chi connectivity index (χ0) is 26.6. The molecule has 0 aliphatic carbocycles. The van der Waals surface area contributed by atoms with E-state index in [2.05, 4.69) is 51.0 Å². The van der Waals surface area contributed by atoms with Crippen molar-refractivity contribution in [3.8, 4) is 12.3 Å². The second kappa shape index (κ2) is 11.7. The van der Waals surface area contributed by atoms with Crippen LogP contribution in [-0.2, 0) is 4.79 Å². The van der Waals surface area contributed by atoms with Gasteiger partial charge < -0.3 is 19.8 Å². The number of rotatable bonds is 4.